The standard InChI is InChI=1S/C15H16FNO/c1-18-11-13-7-3-2-6-12(13)10-17-15-9-5-4-8-14(15)16/h2-9,17H,10-11H2,1H3. The number of anilines is 1. The summed E-state index contributed by atoms with van der Waals surface area (Å²) in [5, 5.41) is 3.10. The highest BCUT2D eigenvalue weighted by atomic mass is 19.1. The van der Waals surface area contributed by atoms with Crippen molar-refractivity contribution in [2.45, 2.75) is 13.2 Å². The molecule has 94 valence electrons. The van der Waals surface area contributed by atoms with Crippen molar-refractivity contribution >= 4 is 5.69 Å². The van der Waals surface area contributed by atoms with E-state index in [1.807, 2.05) is 30.3 Å². The number of para-hydroxylation sites is 1. The van der Waals surface area contributed by atoms with Gasteiger partial charge in [0, 0.05) is 13.7 Å². The molecule has 1 N–H and O–H groups in total. The first-order chi connectivity index (χ1) is 8.81. The van der Waals surface area contributed by atoms with Crippen LogP contribution in [0, 0.1) is 5.82 Å². The Morgan fingerprint density at radius 2 is 1.67 bits per heavy atom. The predicted octanol–water partition coefficient (Wildman–Crippen LogP) is 3.58. The van der Waals surface area contributed by atoms with Crippen LogP contribution in [0.3, 0.4) is 0 Å². The van der Waals surface area contributed by atoms with Crippen molar-refractivity contribution < 1.29 is 9.13 Å². The van der Waals surface area contributed by atoms with E-state index in [-0.39, 0.29) is 5.82 Å². The summed E-state index contributed by atoms with van der Waals surface area (Å²) in [5.74, 6) is -0.235. The molecule has 0 saturated heterocycles. The number of nitrogens with one attached hydrogen (secondary N) is 1. The van der Waals surface area contributed by atoms with Crippen molar-refractivity contribution in [2.24, 2.45) is 0 Å². The Kier molecular flexibility index (Phi) is 4.31. The Bertz CT molecular complexity index is 513. The van der Waals surface area contributed by atoms with Gasteiger partial charge in [-0.2, -0.15) is 0 Å². The summed E-state index contributed by atoms with van der Waals surface area (Å²) in [7, 11) is 1.67. The Labute approximate surface area is 106 Å². The van der Waals surface area contributed by atoms with Crippen LogP contribution in [0.1, 0.15) is 11.1 Å². The lowest BCUT2D eigenvalue weighted by molar-refractivity contribution is 0.184. The van der Waals surface area contributed by atoms with E-state index in [4.69, 9.17) is 4.74 Å². The maximum absolute atomic E-state index is 13.5. The van der Waals surface area contributed by atoms with Gasteiger partial charge in [-0.05, 0) is 23.3 Å². The van der Waals surface area contributed by atoms with E-state index < -0.39 is 0 Å². The maximum atomic E-state index is 13.5. The molecule has 3 heteroatoms. The van der Waals surface area contributed by atoms with Crippen molar-refractivity contribution in [3.05, 3.63) is 65.5 Å². The number of hydrogen-bond acceptors (Lipinski definition) is 2. The van der Waals surface area contributed by atoms with Crippen LogP contribution in [0.2, 0.25) is 0 Å². The van der Waals surface area contributed by atoms with Crippen molar-refractivity contribution in [3.63, 3.8) is 0 Å². The average molecular weight is 245 g/mol. The largest absolute Gasteiger partial charge is 0.380 e. The van der Waals surface area contributed by atoms with Gasteiger partial charge in [0.2, 0.25) is 0 Å². The summed E-state index contributed by atoms with van der Waals surface area (Å²) in [4.78, 5) is 0. The highest BCUT2D eigenvalue weighted by molar-refractivity contribution is 5.45. The Hall–Kier alpha value is -1.87. The predicted molar refractivity (Wildman–Crippen MR) is 70.9 cm³/mol. The molecular formula is C15H16FNO. The number of methoxy groups -OCH3 is 1. The highest BCUT2D eigenvalue weighted by Gasteiger charge is 2.03. The zero-order chi connectivity index (χ0) is 12.8. The van der Waals surface area contributed by atoms with Crippen LogP contribution in [0.15, 0.2) is 48.5 Å². The van der Waals surface area contributed by atoms with Gasteiger partial charge in [0.1, 0.15) is 5.82 Å². The molecule has 0 saturated carbocycles. The fourth-order valence-electron chi connectivity index (χ4n) is 1.82. The summed E-state index contributed by atoms with van der Waals surface area (Å²) in [5.41, 5.74) is 2.75. The van der Waals surface area contributed by atoms with Gasteiger partial charge in [-0.15, -0.1) is 0 Å². The molecule has 0 atom stereocenters. The molecule has 0 bridgehead atoms. The fourth-order valence-corrected chi connectivity index (χ4v) is 1.82. The third-order valence-corrected chi connectivity index (χ3v) is 2.76. The Morgan fingerprint density at radius 1 is 1.00 bits per heavy atom. The van der Waals surface area contributed by atoms with Gasteiger partial charge in [0.25, 0.3) is 0 Å². The van der Waals surface area contributed by atoms with Crippen LogP contribution in [0.5, 0.6) is 0 Å². The Balaban J connectivity index is 2.08. The molecule has 0 unspecified atom stereocenters. The molecule has 2 nitrogen and oxygen atoms in total. The molecule has 2 aromatic carbocycles. The number of rotatable bonds is 5. The number of benzene rings is 2. The molecule has 0 amide bonds. The van der Waals surface area contributed by atoms with Crippen LogP contribution in [-0.2, 0) is 17.9 Å². The molecule has 0 spiro atoms. The molecule has 0 heterocycles. The fraction of sp³-hybridized carbons (Fsp3) is 0.200. The van der Waals surface area contributed by atoms with Gasteiger partial charge >= 0.3 is 0 Å². The highest BCUT2D eigenvalue weighted by Crippen LogP contribution is 2.16. The van der Waals surface area contributed by atoms with E-state index in [1.165, 1.54) is 6.07 Å². The molecule has 2 rings (SSSR count). The van der Waals surface area contributed by atoms with E-state index in [0.29, 0.717) is 18.8 Å². The quantitative estimate of drug-likeness (QED) is 0.869. The zero-order valence-electron chi connectivity index (χ0n) is 10.3. The van der Waals surface area contributed by atoms with E-state index in [0.717, 1.165) is 11.1 Å². The van der Waals surface area contributed by atoms with E-state index >= 15 is 0 Å². The molecule has 18 heavy (non-hydrogen) atoms. The summed E-state index contributed by atoms with van der Waals surface area (Å²) in [6.07, 6.45) is 0. The third-order valence-electron chi connectivity index (χ3n) is 2.76. The molecule has 0 aliphatic heterocycles. The molecule has 0 aliphatic rings. The lowest BCUT2D eigenvalue weighted by Gasteiger charge is -2.11. The van der Waals surface area contributed by atoms with Crippen molar-refractivity contribution in [1.29, 1.82) is 0 Å². The minimum absolute atomic E-state index is 0.235. The third kappa shape index (κ3) is 3.08. The second-order valence-electron chi connectivity index (χ2n) is 4.04. The van der Waals surface area contributed by atoms with Gasteiger partial charge in [-0.25, -0.2) is 4.39 Å². The van der Waals surface area contributed by atoms with Crippen LogP contribution in [-0.4, -0.2) is 7.11 Å². The van der Waals surface area contributed by atoms with Crippen LogP contribution >= 0.6 is 0 Å². The molecule has 0 radical (unpaired) electrons. The number of halogens is 1. The smallest absolute Gasteiger partial charge is 0.146 e. The van der Waals surface area contributed by atoms with Gasteiger partial charge in [0.05, 0.1) is 12.3 Å². The summed E-state index contributed by atoms with van der Waals surface area (Å²) < 4.78 is 18.6. The van der Waals surface area contributed by atoms with Crippen LogP contribution in [0.25, 0.3) is 0 Å². The lowest BCUT2D eigenvalue weighted by atomic mass is 10.1. The lowest BCUT2D eigenvalue weighted by Crippen LogP contribution is -2.04. The SMILES string of the molecule is COCc1ccccc1CNc1ccccc1F. The first-order valence-corrected chi connectivity index (χ1v) is 5.85. The average Bonchev–Trinajstić information content (AvgIpc) is 2.40. The summed E-state index contributed by atoms with van der Waals surface area (Å²) in [6, 6.07) is 14.6. The van der Waals surface area contributed by atoms with E-state index in [9.17, 15) is 4.39 Å². The van der Waals surface area contributed by atoms with Gasteiger partial charge in [-0.1, -0.05) is 36.4 Å². The van der Waals surface area contributed by atoms with Crippen LogP contribution < -0.4 is 5.32 Å². The minimum atomic E-state index is -0.235. The number of ether oxygens (including phenoxy) is 1. The van der Waals surface area contributed by atoms with Gasteiger partial charge in [-0.3, -0.25) is 0 Å². The van der Waals surface area contributed by atoms with Crippen molar-refractivity contribution in [1.82, 2.24) is 0 Å². The topological polar surface area (TPSA) is 21.3 Å². The second kappa shape index (κ2) is 6.17. The normalized spacial score (nSPS) is 10.3. The van der Waals surface area contributed by atoms with Gasteiger partial charge in [0.15, 0.2) is 0 Å². The molecule has 0 aromatic heterocycles. The Morgan fingerprint density at radius 3 is 2.39 bits per heavy atom. The van der Waals surface area contributed by atoms with E-state index in [1.54, 1.807) is 19.2 Å². The minimum Gasteiger partial charge on any atom is -0.380 e. The van der Waals surface area contributed by atoms with Gasteiger partial charge < -0.3 is 10.1 Å². The molecular weight excluding hydrogens is 229 g/mol. The molecule has 2 aromatic rings. The second-order valence-corrected chi connectivity index (χ2v) is 4.04. The number of hydrogen-bond donors (Lipinski definition) is 1. The molecule has 0 fully saturated rings. The summed E-state index contributed by atoms with van der Waals surface area (Å²) in [6.45, 7) is 1.15. The van der Waals surface area contributed by atoms with Crippen molar-refractivity contribution in [2.75, 3.05) is 12.4 Å². The monoisotopic (exact) mass is 245 g/mol. The first kappa shape index (κ1) is 12.6. The molecule has 0 aliphatic carbocycles. The van der Waals surface area contributed by atoms with Crippen LogP contribution in [0.4, 0.5) is 10.1 Å². The maximum Gasteiger partial charge on any atom is 0.146 e. The summed E-state index contributed by atoms with van der Waals surface area (Å²) >= 11 is 0. The van der Waals surface area contributed by atoms with Crippen molar-refractivity contribution in [3.8, 4) is 0 Å². The zero-order valence-corrected chi connectivity index (χ0v) is 10.3. The van der Waals surface area contributed by atoms with E-state index in [2.05, 4.69) is 5.32 Å². The first-order valence-electron chi connectivity index (χ1n) is 5.85.